The minimum atomic E-state index is -0.236. The lowest BCUT2D eigenvalue weighted by Crippen LogP contribution is -2.38. The summed E-state index contributed by atoms with van der Waals surface area (Å²) in [5.41, 5.74) is 5.40. The second-order valence-electron chi connectivity index (χ2n) is 3.35. The summed E-state index contributed by atoms with van der Waals surface area (Å²) in [6.07, 6.45) is 0.935. The van der Waals surface area contributed by atoms with Gasteiger partial charge in [0.1, 0.15) is 6.61 Å². The van der Waals surface area contributed by atoms with E-state index in [1.807, 2.05) is 6.92 Å². The molecule has 0 heterocycles. The molecule has 0 saturated heterocycles. The summed E-state index contributed by atoms with van der Waals surface area (Å²) >= 11 is 0. The monoisotopic (exact) mass is 188 g/mol. The fraction of sp³-hybridized carbons (Fsp3) is 0.889. The summed E-state index contributed by atoms with van der Waals surface area (Å²) in [7, 11) is 0. The first-order valence-electron chi connectivity index (χ1n) is 4.65. The van der Waals surface area contributed by atoms with Crippen molar-refractivity contribution in [3.8, 4) is 0 Å². The number of hydrogen-bond acceptors (Lipinski definition) is 4. The van der Waals surface area contributed by atoms with Gasteiger partial charge in [-0.2, -0.15) is 0 Å². The summed E-state index contributed by atoms with van der Waals surface area (Å²) in [6, 6.07) is 0.556. The second-order valence-corrected chi connectivity index (χ2v) is 3.35. The van der Waals surface area contributed by atoms with Crippen molar-refractivity contribution in [2.24, 2.45) is 5.73 Å². The summed E-state index contributed by atoms with van der Waals surface area (Å²) in [5.74, 6) is -0.236. The van der Waals surface area contributed by atoms with Crippen LogP contribution in [0.2, 0.25) is 0 Å². The minimum Gasteiger partial charge on any atom is -0.464 e. The molecule has 0 aliphatic heterocycles. The summed E-state index contributed by atoms with van der Waals surface area (Å²) in [6.45, 7) is 6.56. The van der Waals surface area contributed by atoms with Crippen molar-refractivity contribution in [3.63, 3.8) is 0 Å². The fourth-order valence-electron chi connectivity index (χ4n) is 1.11. The SMILES string of the molecule is CC(=O)OCC(C)NC(C)CCN. The molecular formula is C9H20N2O2. The fourth-order valence-corrected chi connectivity index (χ4v) is 1.11. The third-order valence-corrected chi connectivity index (χ3v) is 1.71. The van der Waals surface area contributed by atoms with E-state index in [0.717, 1.165) is 6.42 Å². The van der Waals surface area contributed by atoms with Crippen LogP contribution in [0.15, 0.2) is 0 Å². The Bertz CT molecular complexity index is 151. The van der Waals surface area contributed by atoms with Crippen molar-refractivity contribution in [1.29, 1.82) is 0 Å². The van der Waals surface area contributed by atoms with Gasteiger partial charge >= 0.3 is 5.97 Å². The van der Waals surface area contributed by atoms with Gasteiger partial charge in [0.25, 0.3) is 0 Å². The summed E-state index contributed by atoms with van der Waals surface area (Å²) in [5, 5.41) is 3.28. The van der Waals surface area contributed by atoms with Crippen LogP contribution in [0, 0.1) is 0 Å². The van der Waals surface area contributed by atoms with Crippen molar-refractivity contribution in [3.05, 3.63) is 0 Å². The quantitative estimate of drug-likeness (QED) is 0.587. The lowest BCUT2D eigenvalue weighted by molar-refractivity contribution is -0.141. The van der Waals surface area contributed by atoms with Gasteiger partial charge in [0, 0.05) is 19.0 Å². The Morgan fingerprint density at radius 1 is 1.46 bits per heavy atom. The van der Waals surface area contributed by atoms with Crippen LogP contribution in [-0.4, -0.2) is 31.2 Å². The Kier molecular flexibility index (Phi) is 6.54. The lowest BCUT2D eigenvalue weighted by Gasteiger charge is -2.18. The first kappa shape index (κ1) is 12.4. The largest absolute Gasteiger partial charge is 0.464 e. The molecule has 0 aromatic heterocycles. The molecule has 0 aliphatic rings. The maximum absolute atomic E-state index is 10.5. The third kappa shape index (κ3) is 7.74. The highest BCUT2D eigenvalue weighted by Gasteiger charge is 2.07. The number of ether oxygens (including phenoxy) is 1. The molecule has 78 valence electrons. The van der Waals surface area contributed by atoms with E-state index in [1.54, 1.807) is 0 Å². The van der Waals surface area contributed by atoms with Gasteiger partial charge in [-0.05, 0) is 26.8 Å². The highest BCUT2D eigenvalue weighted by atomic mass is 16.5. The molecule has 0 spiro atoms. The summed E-state index contributed by atoms with van der Waals surface area (Å²) < 4.78 is 4.85. The molecule has 2 atom stereocenters. The Morgan fingerprint density at radius 3 is 2.54 bits per heavy atom. The van der Waals surface area contributed by atoms with Gasteiger partial charge in [0.05, 0.1) is 0 Å². The molecule has 0 amide bonds. The maximum Gasteiger partial charge on any atom is 0.302 e. The van der Waals surface area contributed by atoms with Gasteiger partial charge in [-0.1, -0.05) is 0 Å². The smallest absolute Gasteiger partial charge is 0.302 e. The van der Waals surface area contributed by atoms with Crippen LogP contribution in [0.3, 0.4) is 0 Å². The van der Waals surface area contributed by atoms with E-state index in [0.29, 0.717) is 19.2 Å². The second kappa shape index (κ2) is 6.86. The number of carbonyl (C=O) groups excluding carboxylic acids is 1. The van der Waals surface area contributed by atoms with E-state index >= 15 is 0 Å². The molecule has 4 heteroatoms. The minimum absolute atomic E-state index is 0.186. The van der Waals surface area contributed by atoms with Crippen LogP contribution in [-0.2, 0) is 9.53 Å². The van der Waals surface area contributed by atoms with Crippen molar-refractivity contribution >= 4 is 5.97 Å². The normalized spacial score (nSPS) is 15.1. The molecule has 0 radical (unpaired) electrons. The van der Waals surface area contributed by atoms with Gasteiger partial charge in [0.15, 0.2) is 0 Å². The van der Waals surface area contributed by atoms with E-state index in [-0.39, 0.29) is 12.0 Å². The highest BCUT2D eigenvalue weighted by Crippen LogP contribution is 1.92. The van der Waals surface area contributed by atoms with Crippen molar-refractivity contribution in [2.75, 3.05) is 13.2 Å². The number of nitrogens with two attached hydrogens (primary N) is 1. The molecule has 0 bridgehead atoms. The van der Waals surface area contributed by atoms with Crippen LogP contribution in [0.25, 0.3) is 0 Å². The molecule has 13 heavy (non-hydrogen) atoms. The zero-order chi connectivity index (χ0) is 10.3. The zero-order valence-electron chi connectivity index (χ0n) is 8.67. The van der Waals surface area contributed by atoms with E-state index < -0.39 is 0 Å². The molecule has 0 aromatic carbocycles. The predicted molar refractivity (Wildman–Crippen MR) is 52.4 cm³/mol. The molecule has 0 rings (SSSR count). The van der Waals surface area contributed by atoms with Crippen molar-refractivity contribution < 1.29 is 9.53 Å². The number of nitrogens with one attached hydrogen (secondary N) is 1. The van der Waals surface area contributed by atoms with Gasteiger partial charge in [-0.15, -0.1) is 0 Å². The van der Waals surface area contributed by atoms with Gasteiger partial charge < -0.3 is 15.8 Å². The Balaban J connectivity index is 3.48. The van der Waals surface area contributed by atoms with E-state index in [9.17, 15) is 4.79 Å². The van der Waals surface area contributed by atoms with Crippen LogP contribution >= 0.6 is 0 Å². The molecule has 0 aromatic rings. The number of esters is 1. The van der Waals surface area contributed by atoms with Crippen LogP contribution in [0.4, 0.5) is 0 Å². The van der Waals surface area contributed by atoms with E-state index in [2.05, 4.69) is 12.2 Å². The van der Waals surface area contributed by atoms with Crippen LogP contribution in [0.5, 0.6) is 0 Å². The molecular weight excluding hydrogens is 168 g/mol. The first-order valence-corrected chi connectivity index (χ1v) is 4.65. The zero-order valence-corrected chi connectivity index (χ0v) is 8.67. The van der Waals surface area contributed by atoms with Gasteiger partial charge in [-0.25, -0.2) is 0 Å². The Morgan fingerprint density at radius 2 is 2.08 bits per heavy atom. The van der Waals surface area contributed by atoms with Gasteiger partial charge in [0.2, 0.25) is 0 Å². The number of carbonyl (C=O) groups is 1. The molecule has 4 nitrogen and oxygen atoms in total. The molecule has 0 saturated carbocycles. The average molecular weight is 188 g/mol. The topological polar surface area (TPSA) is 64.3 Å². The number of hydrogen-bond donors (Lipinski definition) is 2. The van der Waals surface area contributed by atoms with Crippen molar-refractivity contribution in [2.45, 2.75) is 39.3 Å². The third-order valence-electron chi connectivity index (χ3n) is 1.71. The highest BCUT2D eigenvalue weighted by molar-refractivity contribution is 5.65. The van der Waals surface area contributed by atoms with Crippen LogP contribution in [0.1, 0.15) is 27.2 Å². The first-order chi connectivity index (χ1) is 6.06. The number of rotatable bonds is 6. The predicted octanol–water partition coefficient (Wildman–Crippen LogP) is 0.265. The molecule has 0 aliphatic carbocycles. The molecule has 3 N–H and O–H groups in total. The maximum atomic E-state index is 10.5. The summed E-state index contributed by atoms with van der Waals surface area (Å²) in [4.78, 5) is 10.5. The molecule has 2 unspecified atom stereocenters. The van der Waals surface area contributed by atoms with E-state index in [1.165, 1.54) is 6.92 Å². The lowest BCUT2D eigenvalue weighted by atomic mass is 10.2. The Hall–Kier alpha value is -0.610. The average Bonchev–Trinajstić information content (AvgIpc) is 2.01. The van der Waals surface area contributed by atoms with Gasteiger partial charge in [-0.3, -0.25) is 4.79 Å². The standard InChI is InChI=1S/C9H20N2O2/c1-7(4-5-10)11-8(2)6-13-9(3)12/h7-8,11H,4-6,10H2,1-3H3. The van der Waals surface area contributed by atoms with Crippen molar-refractivity contribution in [1.82, 2.24) is 5.32 Å². The van der Waals surface area contributed by atoms with E-state index in [4.69, 9.17) is 10.5 Å². The Labute approximate surface area is 79.8 Å². The van der Waals surface area contributed by atoms with Crippen LogP contribution < -0.4 is 11.1 Å². The molecule has 0 fully saturated rings.